The Bertz CT molecular complexity index is 607. The molecule has 0 atom stereocenters. The fourth-order valence-corrected chi connectivity index (χ4v) is 2.48. The largest absolute Gasteiger partial charge is 0.469 e. The van der Waals surface area contributed by atoms with E-state index in [1.165, 1.54) is 12.8 Å². The number of nitrogens with one attached hydrogen (secondary N) is 1. The van der Waals surface area contributed by atoms with E-state index < -0.39 is 0 Å². The van der Waals surface area contributed by atoms with Crippen molar-refractivity contribution in [3.05, 3.63) is 36.3 Å². The molecule has 2 aromatic heterocycles. The van der Waals surface area contributed by atoms with Gasteiger partial charge in [0, 0.05) is 32.1 Å². The first kappa shape index (κ1) is 15.3. The fraction of sp³-hybridized carbons (Fsp3) is 0.438. The predicted octanol–water partition coefficient (Wildman–Crippen LogP) is 1.41. The van der Waals surface area contributed by atoms with Crippen molar-refractivity contribution >= 4 is 11.7 Å². The van der Waals surface area contributed by atoms with E-state index in [-0.39, 0.29) is 12.5 Å². The minimum Gasteiger partial charge on any atom is -0.469 e. The number of anilines is 1. The fourth-order valence-electron chi connectivity index (χ4n) is 2.48. The van der Waals surface area contributed by atoms with Crippen LogP contribution in [0.2, 0.25) is 0 Å². The Morgan fingerprint density at radius 3 is 2.83 bits per heavy atom. The minimum atomic E-state index is -0.193. The lowest BCUT2D eigenvalue weighted by Crippen LogP contribution is -2.30. The van der Waals surface area contributed by atoms with Crippen molar-refractivity contribution in [2.24, 2.45) is 0 Å². The molecule has 2 aromatic rings. The molecule has 1 amide bonds. The van der Waals surface area contributed by atoms with E-state index in [9.17, 15) is 4.79 Å². The Labute approximate surface area is 134 Å². The number of carbonyl (C=O) groups is 1. The van der Waals surface area contributed by atoms with Crippen molar-refractivity contribution in [2.75, 3.05) is 31.1 Å². The third-order valence-electron chi connectivity index (χ3n) is 3.68. The Morgan fingerprint density at radius 2 is 2.13 bits per heavy atom. The van der Waals surface area contributed by atoms with Crippen LogP contribution in [0.1, 0.15) is 18.6 Å². The summed E-state index contributed by atoms with van der Waals surface area (Å²) in [5, 5.41) is 10.9. The highest BCUT2D eigenvalue weighted by Gasteiger charge is 2.14. The highest BCUT2D eigenvalue weighted by Crippen LogP contribution is 2.18. The van der Waals surface area contributed by atoms with Crippen LogP contribution < -0.4 is 15.0 Å². The number of ether oxygens (including phenoxy) is 1. The molecular weight excluding hydrogens is 296 g/mol. The molecule has 3 rings (SSSR count). The van der Waals surface area contributed by atoms with Crippen LogP contribution >= 0.6 is 0 Å². The van der Waals surface area contributed by atoms with Gasteiger partial charge in [0.25, 0.3) is 5.91 Å². The maximum atomic E-state index is 11.7. The van der Waals surface area contributed by atoms with Gasteiger partial charge in [0.15, 0.2) is 12.4 Å². The maximum absolute atomic E-state index is 11.7. The minimum absolute atomic E-state index is 0.0735. The van der Waals surface area contributed by atoms with Crippen molar-refractivity contribution < 1.29 is 13.9 Å². The monoisotopic (exact) mass is 316 g/mol. The smallest absolute Gasteiger partial charge is 0.258 e. The second-order valence-corrected chi connectivity index (χ2v) is 5.39. The summed E-state index contributed by atoms with van der Waals surface area (Å²) in [6.45, 7) is 2.48. The van der Waals surface area contributed by atoms with Gasteiger partial charge in [0.1, 0.15) is 5.76 Å². The van der Waals surface area contributed by atoms with Crippen molar-refractivity contribution in [3.8, 4) is 5.88 Å². The number of aromatic nitrogens is 2. The number of nitrogens with zero attached hydrogens (tertiary/aromatic N) is 3. The number of furan rings is 1. The van der Waals surface area contributed by atoms with Gasteiger partial charge in [0.05, 0.1) is 6.26 Å². The van der Waals surface area contributed by atoms with Crippen LogP contribution in [0.15, 0.2) is 34.9 Å². The Balaban J connectivity index is 1.38. The summed E-state index contributed by atoms with van der Waals surface area (Å²) < 4.78 is 10.5. The van der Waals surface area contributed by atoms with Crippen LogP contribution in [0.3, 0.4) is 0 Å². The summed E-state index contributed by atoms with van der Waals surface area (Å²) in [5.74, 6) is 1.86. The van der Waals surface area contributed by atoms with Crippen LogP contribution in [0, 0.1) is 0 Å². The molecule has 0 aliphatic carbocycles. The average Bonchev–Trinajstić information content (AvgIpc) is 3.27. The summed E-state index contributed by atoms with van der Waals surface area (Å²) in [6.07, 6.45) is 4.66. The van der Waals surface area contributed by atoms with E-state index in [4.69, 9.17) is 9.15 Å². The summed E-state index contributed by atoms with van der Waals surface area (Å²) >= 11 is 0. The van der Waals surface area contributed by atoms with Gasteiger partial charge in [-0.3, -0.25) is 4.79 Å². The van der Waals surface area contributed by atoms with Crippen LogP contribution in [-0.2, 0) is 11.2 Å². The summed E-state index contributed by atoms with van der Waals surface area (Å²) in [6, 6.07) is 7.32. The third kappa shape index (κ3) is 4.45. The van der Waals surface area contributed by atoms with Crippen LogP contribution in [0.4, 0.5) is 5.82 Å². The SMILES string of the molecule is O=C(COc1ccc(N2CCCC2)nn1)NCCc1ccco1. The van der Waals surface area contributed by atoms with Crippen LogP contribution in [0.5, 0.6) is 5.88 Å². The van der Waals surface area contributed by atoms with Gasteiger partial charge in [-0.05, 0) is 31.0 Å². The maximum Gasteiger partial charge on any atom is 0.258 e. The molecule has 1 saturated heterocycles. The van der Waals surface area contributed by atoms with E-state index in [2.05, 4.69) is 20.4 Å². The van der Waals surface area contributed by atoms with Gasteiger partial charge >= 0.3 is 0 Å². The van der Waals surface area contributed by atoms with Crippen molar-refractivity contribution in [1.82, 2.24) is 15.5 Å². The van der Waals surface area contributed by atoms with Gasteiger partial charge in [-0.1, -0.05) is 0 Å². The van der Waals surface area contributed by atoms with Crippen molar-refractivity contribution in [1.29, 1.82) is 0 Å². The summed E-state index contributed by atoms with van der Waals surface area (Å²) in [4.78, 5) is 13.9. The molecule has 3 heterocycles. The van der Waals surface area contributed by atoms with E-state index >= 15 is 0 Å². The lowest BCUT2D eigenvalue weighted by Gasteiger charge is -2.15. The molecule has 122 valence electrons. The van der Waals surface area contributed by atoms with Gasteiger partial charge in [-0.2, -0.15) is 0 Å². The van der Waals surface area contributed by atoms with Gasteiger partial charge < -0.3 is 19.4 Å². The molecule has 1 fully saturated rings. The number of carbonyl (C=O) groups excluding carboxylic acids is 1. The lowest BCUT2D eigenvalue weighted by molar-refractivity contribution is -0.123. The molecule has 0 spiro atoms. The lowest BCUT2D eigenvalue weighted by atomic mass is 10.3. The molecule has 1 N–H and O–H groups in total. The van der Waals surface area contributed by atoms with Crippen molar-refractivity contribution in [3.63, 3.8) is 0 Å². The number of rotatable bonds is 7. The Hall–Kier alpha value is -2.57. The van der Waals surface area contributed by atoms with Crippen LogP contribution in [-0.4, -0.2) is 42.3 Å². The van der Waals surface area contributed by atoms with Gasteiger partial charge in [-0.25, -0.2) is 0 Å². The van der Waals surface area contributed by atoms with E-state index in [0.717, 1.165) is 24.7 Å². The molecule has 0 aromatic carbocycles. The predicted molar refractivity (Wildman–Crippen MR) is 84.4 cm³/mol. The second-order valence-electron chi connectivity index (χ2n) is 5.39. The Morgan fingerprint density at radius 1 is 1.26 bits per heavy atom. The molecule has 0 radical (unpaired) electrons. The first-order valence-electron chi connectivity index (χ1n) is 7.82. The number of hydrogen-bond acceptors (Lipinski definition) is 6. The first-order valence-corrected chi connectivity index (χ1v) is 7.82. The standard InChI is InChI=1S/C16H20N4O3/c21-15(17-8-7-13-4-3-11-22-13)12-23-16-6-5-14(18-19-16)20-9-1-2-10-20/h3-6,11H,1-2,7-10,12H2,(H,17,21). The zero-order chi connectivity index (χ0) is 15.9. The van der Waals surface area contributed by atoms with Gasteiger partial charge in [-0.15, -0.1) is 10.2 Å². The highest BCUT2D eigenvalue weighted by atomic mass is 16.5. The molecule has 1 aliphatic rings. The molecule has 0 unspecified atom stereocenters. The van der Waals surface area contributed by atoms with Crippen LogP contribution in [0.25, 0.3) is 0 Å². The average molecular weight is 316 g/mol. The zero-order valence-corrected chi connectivity index (χ0v) is 12.9. The molecule has 23 heavy (non-hydrogen) atoms. The van der Waals surface area contributed by atoms with Gasteiger partial charge in [0.2, 0.25) is 5.88 Å². The van der Waals surface area contributed by atoms with E-state index in [1.807, 2.05) is 18.2 Å². The van der Waals surface area contributed by atoms with E-state index in [1.54, 1.807) is 12.3 Å². The molecule has 0 saturated carbocycles. The van der Waals surface area contributed by atoms with Crippen molar-refractivity contribution in [2.45, 2.75) is 19.3 Å². The summed E-state index contributed by atoms with van der Waals surface area (Å²) in [5.41, 5.74) is 0. The molecular formula is C16H20N4O3. The number of hydrogen-bond donors (Lipinski definition) is 1. The molecule has 7 nitrogen and oxygen atoms in total. The second kappa shape index (κ2) is 7.62. The molecule has 1 aliphatic heterocycles. The normalized spacial score (nSPS) is 14.0. The quantitative estimate of drug-likeness (QED) is 0.832. The highest BCUT2D eigenvalue weighted by molar-refractivity contribution is 5.77. The first-order chi connectivity index (χ1) is 11.3. The summed E-state index contributed by atoms with van der Waals surface area (Å²) in [7, 11) is 0. The molecule has 0 bridgehead atoms. The zero-order valence-electron chi connectivity index (χ0n) is 12.9. The Kier molecular flexibility index (Phi) is 5.08. The van der Waals surface area contributed by atoms with E-state index in [0.29, 0.717) is 18.8 Å². The molecule has 7 heteroatoms. The number of amides is 1. The topological polar surface area (TPSA) is 80.5 Å². The third-order valence-corrected chi connectivity index (χ3v) is 3.68.